The molecule has 1 atom stereocenters. The summed E-state index contributed by atoms with van der Waals surface area (Å²) in [7, 11) is 4.63. The number of fused-ring (bicyclic) bond motifs is 5. The van der Waals surface area contributed by atoms with Gasteiger partial charge in [-0.1, -0.05) is 54.6 Å². The number of rotatable bonds is 1. The van der Waals surface area contributed by atoms with Gasteiger partial charge in [0.2, 0.25) is 5.72 Å². The number of ether oxygens (including phenoxy) is 1. The van der Waals surface area contributed by atoms with E-state index in [-0.39, 0.29) is 24.2 Å². The molecule has 0 aliphatic carbocycles. The smallest absolute Gasteiger partial charge is 0.208 e. The topological polar surface area (TPSA) is 24.8 Å². The number of halogens is 1. The minimum Gasteiger partial charge on any atom is -1.00 e. The first-order chi connectivity index (χ1) is 14.5. The molecule has 3 heterocycles. The summed E-state index contributed by atoms with van der Waals surface area (Å²) in [5.74, 6) is 1.04. The van der Waals surface area contributed by atoms with E-state index >= 15 is 0 Å². The van der Waals surface area contributed by atoms with Crippen LogP contribution in [0, 0.1) is 0 Å². The minimum absolute atomic E-state index is 0. The van der Waals surface area contributed by atoms with Gasteiger partial charge in [-0.2, -0.15) is 5.10 Å². The van der Waals surface area contributed by atoms with Crippen LogP contribution in [-0.4, -0.2) is 48.1 Å². The number of likely N-dealkylation sites (tertiary alicyclic amines) is 1. The fourth-order valence-electron chi connectivity index (χ4n) is 5.29. The normalized spacial score (nSPS) is 22.8. The summed E-state index contributed by atoms with van der Waals surface area (Å²) in [5, 5.41) is 10.1. The number of hydrazone groups is 1. The Balaban J connectivity index is 0.00000204. The van der Waals surface area contributed by atoms with Crippen LogP contribution in [0.15, 0.2) is 71.8 Å². The first-order valence-corrected chi connectivity index (χ1v) is 11.0. The Kier molecular flexibility index (Phi) is 4.76. The molecule has 0 saturated carbocycles. The second-order valence-corrected chi connectivity index (χ2v) is 9.64. The molecule has 3 aliphatic heterocycles. The summed E-state index contributed by atoms with van der Waals surface area (Å²) in [6, 6.07) is 24.1. The molecule has 1 spiro atoms. The molecule has 1 saturated heterocycles. The van der Waals surface area contributed by atoms with Crippen LogP contribution >= 0.6 is 0 Å². The molecule has 5 heteroatoms. The summed E-state index contributed by atoms with van der Waals surface area (Å²) < 4.78 is 7.78. The lowest BCUT2D eigenvalue weighted by Crippen LogP contribution is -3.00. The van der Waals surface area contributed by atoms with Crippen molar-refractivity contribution in [3.8, 4) is 5.75 Å². The molecule has 160 valence electrons. The van der Waals surface area contributed by atoms with Gasteiger partial charge < -0.3 is 21.6 Å². The molecule has 0 radical (unpaired) electrons. The highest BCUT2D eigenvalue weighted by atomic mass is 35.5. The quantitative estimate of drug-likeness (QED) is 0.548. The second kappa shape index (κ2) is 7.25. The SMILES string of the molecule is C[N+]1(C)CCC2(CC1)Oc1ccccc1C1CC(c3ccc4ccccc4c3)=NN12.[Cl-]. The summed E-state index contributed by atoms with van der Waals surface area (Å²) in [4.78, 5) is 0. The zero-order valence-corrected chi connectivity index (χ0v) is 18.8. The van der Waals surface area contributed by atoms with Crippen LogP contribution < -0.4 is 17.1 Å². The molecule has 0 amide bonds. The fraction of sp³-hybridized carbons (Fsp3) is 0.346. The predicted molar refractivity (Wildman–Crippen MR) is 121 cm³/mol. The predicted octanol–water partition coefficient (Wildman–Crippen LogP) is 1.95. The van der Waals surface area contributed by atoms with Crippen molar-refractivity contribution in [2.24, 2.45) is 5.10 Å². The summed E-state index contributed by atoms with van der Waals surface area (Å²) in [6.07, 6.45) is 2.93. The third kappa shape index (κ3) is 3.29. The summed E-state index contributed by atoms with van der Waals surface area (Å²) in [6.45, 7) is 2.21. The van der Waals surface area contributed by atoms with Gasteiger partial charge in [0, 0.05) is 12.0 Å². The number of hydrogen-bond donors (Lipinski definition) is 0. The van der Waals surface area contributed by atoms with Crippen LogP contribution in [0.25, 0.3) is 10.8 Å². The Morgan fingerprint density at radius 3 is 2.45 bits per heavy atom. The largest absolute Gasteiger partial charge is 1.00 e. The number of piperidine rings is 1. The van der Waals surface area contributed by atoms with Crippen molar-refractivity contribution in [1.82, 2.24) is 5.01 Å². The molecular formula is C26H28ClN3O. The van der Waals surface area contributed by atoms with Crippen LogP contribution in [0.4, 0.5) is 0 Å². The Bertz CT molecular complexity index is 1160. The number of hydrogen-bond acceptors (Lipinski definition) is 3. The first-order valence-electron chi connectivity index (χ1n) is 11.0. The molecule has 0 bridgehead atoms. The van der Waals surface area contributed by atoms with Gasteiger partial charge in [0.1, 0.15) is 5.75 Å². The molecule has 4 nitrogen and oxygen atoms in total. The van der Waals surface area contributed by atoms with Crippen LogP contribution in [0.2, 0.25) is 0 Å². The van der Waals surface area contributed by atoms with Crippen molar-refractivity contribution in [3.63, 3.8) is 0 Å². The Hall–Kier alpha value is -2.56. The maximum Gasteiger partial charge on any atom is 0.208 e. The zero-order valence-electron chi connectivity index (χ0n) is 18.1. The van der Waals surface area contributed by atoms with E-state index in [1.54, 1.807) is 0 Å². The lowest BCUT2D eigenvalue weighted by atomic mass is 9.90. The van der Waals surface area contributed by atoms with Gasteiger partial charge in [-0.3, -0.25) is 0 Å². The van der Waals surface area contributed by atoms with Crippen molar-refractivity contribution < 1.29 is 21.6 Å². The van der Waals surface area contributed by atoms with Gasteiger partial charge in [0.05, 0.1) is 51.8 Å². The number of quaternary nitrogens is 1. The highest BCUT2D eigenvalue weighted by Crippen LogP contribution is 2.50. The van der Waals surface area contributed by atoms with Crippen LogP contribution in [0.3, 0.4) is 0 Å². The molecule has 1 unspecified atom stereocenters. The van der Waals surface area contributed by atoms with E-state index in [0.29, 0.717) is 0 Å². The van der Waals surface area contributed by atoms with E-state index in [1.165, 1.54) is 27.6 Å². The van der Waals surface area contributed by atoms with Gasteiger partial charge in [0.25, 0.3) is 0 Å². The molecule has 3 aliphatic rings. The molecule has 1 fully saturated rings. The van der Waals surface area contributed by atoms with Crippen LogP contribution in [0.1, 0.15) is 36.4 Å². The molecular weight excluding hydrogens is 406 g/mol. The molecule has 6 rings (SSSR count). The van der Waals surface area contributed by atoms with Gasteiger partial charge >= 0.3 is 0 Å². The van der Waals surface area contributed by atoms with E-state index in [0.717, 1.165) is 42.6 Å². The number of benzene rings is 3. The second-order valence-electron chi connectivity index (χ2n) is 9.64. The van der Waals surface area contributed by atoms with Crippen LogP contribution in [0.5, 0.6) is 5.75 Å². The Labute approximate surface area is 190 Å². The minimum atomic E-state index is -0.328. The van der Waals surface area contributed by atoms with E-state index in [2.05, 4.69) is 85.8 Å². The third-order valence-corrected chi connectivity index (χ3v) is 7.20. The maximum atomic E-state index is 6.73. The average molecular weight is 434 g/mol. The lowest BCUT2D eigenvalue weighted by molar-refractivity contribution is -0.898. The molecule has 31 heavy (non-hydrogen) atoms. The molecule has 3 aromatic carbocycles. The standard InChI is InChI=1S/C26H28N3O.ClH/c1-29(2)15-13-26(14-16-29)28-24(22-9-5-6-10-25(22)30-26)18-23(27-28)21-12-11-19-7-3-4-8-20(19)17-21;/h3-12,17,24H,13-16,18H2,1-2H3;1H/q+1;/p-1. The highest BCUT2D eigenvalue weighted by Gasteiger charge is 2.53. The third-order valence-electron chi connectivity index (χ3n) is 7.20. The lowest BCUT2D eigenvalue weighted by Gasteiger charge is -2.52. The van der Waals surface area contributed by atoms with Crippen molar-refractivity contribution >= 4 is 16.5 Å². The Morgan fingerprint density at radius 2 is 1.65 bits per heavy atom. The van der Waals surface area contributed by atoms with E-state index in [9.17, 15) is 0 Å². The molecule has 0 N–H and O–H groups in total. The van der Waals surface area contributed by atoms with Gasteiger partial charge in [-0.25, -0.2) is 5.01 Å². The number of nitrogens with zero attached hydrogens (tertiary/aromatic N) is 3. The van der Waals surface area contributed by atoms with Crippen molar-refractivity contribution in [2.45, 2.75) is 31.0 Å². The zero-order chi connectivity index (χ0) is 20.3. The van der Waals surface area contributed by atoms with Gasteiger partial charge in [-0.05, 0) is 28.5 Å². The highest BCUT2D eigenvalue weighted by molar-refractivity contribution is 6.04. The summed E-state index contributed by atoms with van der Waals surface area (Å²) >= 11 is 0. The van der Waals surface area contributed by atoms with Gasteiger partial charge in [-0.15, -0.1) is 0 Å². The number of para-hydroxylation sites is 1. The van der Waals surface area contributed by atoms with E-state index in [1.807, 2.05) is 0 Å². The monoisotopic (exact) mass is 433 g/mol. The van der Waals surface area contributed by atoms with Crippen molar-refractivity contribution in [2.75, 3.05) is 27.2 Å². The first kappa shape index (κ1) is 20.3. The summed E-state index contributed by atoms with van der Waals surface area (Å²) in [5.41, 5.74) is 3.33. The Morgan fingerprint density at radius 1 is 0.935 bits per heavy atom. The van der Waals surface area contributed by atoms with Crippen molar-refractivity contribution in [3.05, 3.63) is 77.9 Å². The fourth-order valence-corrected chi connectivity index (χ4v) is 5.29. The van der Waals surface area contributed by atoms with Crippen molar-refractivity contribution in [1.29, 1.82) is 0 Å². The van der Waals surface area contributed by atoms with E-state index in [4.69, 9.17) is 9.84 Å². The van der Waals surface area contributed by atoms with Gasteiger partial charge in [0.15, 0.2) is 0 Å². The van der Waals surface area contributed by atoms with Crippen LogP contribution in [-0.2, 0) is 0 Å². The average Bonchev–Trinajstić information content (AvgIpc) is 3.22. The van der Waals surface area contributed by atoms with E-state index < -0.39 is 0 Å². The molecule has 0 aromatic heterocycles. The molecule has 3 aromatic rings. The maximum absolute atomic E-state index is 6.73.